The van der Waals surface area contributed by atoms with Crippen molar-refractivity contribution in [1.82, 2.24) is 4.90 Å². The number of nitrogens with zero attached hydrogens (tertiary/aromatic N) is 1. The van der Waals surface area contributed by atoms with Gasteiger partial charge in [0, 0.05) is 6.54 Å². The predicted molar refractivity (Wildman–Crippen MR) is 88.6 cm³/mol. The number of carboxylic acid groups (broad SMARTS) is 1. The molecule has 0 aromatic heterocycles. The SMILES string of the molecule is CCCCCCC(CCC)CCN1CCCC(C(=O)O)C1. The number of rotatable bonds is 11. The third kappa shape index (κ3) is 7.85. The molecule has 1 aliphatic heterocycles. The fourth-order valence-electron chi connectivity index (χ4n) is 3.53. The van der Waals surface area contributed by atoms with E-state index in [2.05, 4.69) is 18.7 Å². The van der Waals surface area contributed by atoms with E-state index in [0.29, 0.717) is 0 Å². The van der Waals surface area contributed by atoms with E-state index in [1.165, 1.54) is 51.4 Å². The first-order valence-corrected chi connectivity index (χ1v) is 9.12. The minimum Gasteiger partial charge on any atom is -0.481 e. The average Bonchev–Trinajstić information content (AvgIpc) is 2.49. The number of carboxylic acids is 1. The summed E-state index contributed by atoms with van der Waals surface area (Å²) < 4.78 is 0. The predicted octanol–water partition coefficient (Wildman–Crippen LogP) is 4.56. The lowest BCUT2D eigenvalue weighted by atomic mass is 9.92. The van der Waals surface area contributed by atoms with Gasteiger partial charge in [0.1, 0.15) is 0 Å². The number of unbranched alkanes of at least 4 members (excludes halogenated alkanes) is 3. The molecule has 21 heavy (non-hydrogen) atoms. The van der Waals surface area contributed by atoms with Crippen LogP contribution in [0.1, 0.15) is 78.1 Å². The number of carbonyl (C=O) groups is 1. The van der Waals surface area contributed by atoms with Gasteiger partial charge in [0.15, 0.2) is 0 Å². The van der Waals surface area contributed by atoms with Gasteiger partial charge in [-0.1, -0.05) is 58.8 Å². The Morgan fingerprint density at radius 1 is 1.14 bits per heavy atom. The van der Waals surface area contributed by atoms with Gasteiger partial charge in [-0.25, -0.2) is 0 Å². The molecule has 1 aliphatic rings. The molecule has 1 saturated heterocycles. The largest absolute Gasteiger partial charge is 0.481 e. The van der Waals surface area contributed by atoms with Crippen molar-refractivity contribution in [2.75, 3.05) is 19.6 Å². The van der Waals surface area contributed by atoms with Crippen LogP contribution in [0.25, 0.3) is 0 Å². The first kappa shape index (κ1) is 18.5. The zero-order valence-corrected chi connectivity index (χ0v) is 14.1. The summed E-state index contributed by atoms with van der Waals surface area (Å²) in [7, 11) is 0. The van der Waals surface area contributed by atoms with Crippen molar-refractivity contribution in [1.29, 1.82) is 0 Å². The summed E-state index contributed by atoms with van der Waals surface area (Å²) in [4.78, 5) is 13.5. The Kier molecular flexibility index (Phi) is 9.73. The van der Waals surface area contributed by atoms with E-state index in [4.69, 9.17) is 5.11 Å². The maximum absolute atomic E-state index is 11.1. The molecule has 0 radical (unpaired) electrons. The van der Waals surface area contributed by atoms with Crippen LogP contribution < -0.4 is 0 Å². The quantitative estimate of drug-likeness (QED) is 0.568. The first-order valence-electron chi connectivity index (χ1n) is 9.12. The third-order valence-corrected chi connectivity index (χ3v) is 4.87. The van der Waals surface area contributed by atoms with Crippen LogP contribution in [0.5, 0.6) is 0 Å². The molecule has 1 heterocycles. The molecule has 3 nitrogen and oxygen atoms in total. The molecule has 1 fully saturated rings. The second-order valence-electron chi connectivity index (χ2n) is 6.77. The summed E-state index contributed by atoms with van der Waals surface area (Å²) in [6, 6.07) is 0. The van der Waals surface area contributed by atoms with Crippen LogP contribution >= 0.6 is 0 Å². The van der Waals surface area contributed by atoms with Gasteiger partial charge >= 0.3 is 5.97 Å². The van der Waals surface area contributed by atoms with Crippen molar-refractivity contribution in [2.24, 2.45) is 11.8 Å². The van der Waals surface area contributed by atoms with Crippen LogP contribution in [0, 0.1) is 11.8 Å². The second-order valence-corrected chi connectivity index (χ2v) is 6.77. The number of aliphatic carboxylic acids is 1. The molecule has 0 aromatic carbocycles. The molecule has 0 spiro atoms. The summed E-state index contributed by atoms with van der Waals surface area (Å²) >= 11 is 0. The maximum Gasteiger partial charge on any atom is 0.307 e. The molecular weight excluding hydrogens is 262 g/mol. The van der Waals surface area contributed by atoms with Crippen molar-refractivity contribution in [3.8, 4) is 0 Å². The molecule has 1 rings (SSSR count). The van der Waals surface area contributed by atoms with Crippen LogP contribution in [-0.4, -0.2) is 35.6 Å². The molecule has 1 N–H and O–H groups in total. The molecule has 2 atom stereocenters. The van der Waals surface area contributed by atoms with Gasteiger partial charge in [0.2, 0.25) is 0 Å². The maximum atomic E-state index is 11.1. The van der Waals surface area contributed by atoms with E-state index in [1.807, 2.05) is 0 Å². The van der Waals surface area contributed by atoms with Crippen LogP contribution in [0.4, 0.5) is 0 Å². The minimum absolute atomic E-state index is 0.132. The smallest absolute Gasteiger partial charge is 0.307 e. The van der Waals surface area contributed by atoms with Gasteiger partial charge < -0.3 is 10.0 Å². The molecule has 3 heteroatoms. The lowest BCUT2D eigenvalue weighted by Gasteiger charge is -2.31. The average molecular weight is 297 g/mol. The highest BCUT2D eigenvalue weighted by atomic mass is 16.4. The van der Waals surface area contributed by atoms with E-state index < -0.39 is 5.97 Å². The van der Waals surface area contributed by atoms with Gasteiger partial charge in [-0.3, -0.25) is 4.79 Å². The Morgan fingerprint density at radius 2 is 1.95 bits per heavy atom. The van der Waals surface area contributed by atoms with Crippen LogP contribution in [-0.2, 0) is 4.79 Å². The third-order valence-electron chi connectivity index (χ3n) is 4.87. The lowest BCUT2D eigenvalue weighted by molar-refractivity contribution is -0.143. The number of piperidine rings is 1. The molecule has 0 bridgehead atoms. The second kappa shape index (κ2) is 11.1. The van der Waals surface area contributed by atoms with E-state index in [9.17, 15) is 4.79 Å². The van der Waals surface area contributed by atoms with Gasteiger partial charge in [-0.15, -0.1) is 0 Å². The molecule has 0 amide bonds. The number of likely N-dealkylation sites (tertiary alicyclic amines) is 1. The van der Waals surface area contributed by atoms with Crippen molar-refractivity contribution >= 4 is 5.97 Å². The standard InChI is InChI=1S/C18H35NO2/c1-3-5-6-7-10-16(9-4-2)12-14-19-13-8-11-17(15-19)18(20)21/h16-17H,3-15H2,1-2H3,(H,20,21). The summed E-state index contributed by atoms with van der Waals surface area (Å²) in [5, 5.41) is 9.16. The molecule has 0 aliphatic carbocycles. The Bertz CT molecular complexity index is 280. The van der Waals surface area contributed by atoms with Crippen LogP contribution in [0.3, 0.4) is 0 Å². The van der Waals surface area contributed by atoms with Crippen molar-refractivity contribution in [3.63, 3.8) is 0 Å². The van der Waals surface area contributed by atoms with Gasteiger partial charge in [0.05, 0.1) is 5.92 Å². The summed E-state index contributed by atoms with van der Waals surface area (Å²) in [5.41, 5.74) is 0. The Hall–Kier alpha value is -0.570. The van der Waals surface area contributed by atoms with E-state index >= 15 is 0 Å². The van der Waals surface area contributed by atoms with E-state index in [0.717, 1.165) is 38.4 Å². The Labute approximate surface area is 131 Å². The zero-order chi connectivity index (χ0) is 15.5. The highest BCUT2D eigenvalue weighted by Gasteiger charge is 2.25. The topological polar surface area (TPSA) is 40.5 Å². The first-order chi connectivity index (χ1) is 10.2. The fourth-order valence-corrected chi connectivity index (χ4v) is 3.53. The van der Waals surface area contributed by atoms with Gasteiger partial charge in [0.25, 0.3) is 0 Å². The molecule has 124 valence electrons. The summed E-state index contributed by atoms with van der Waals surface area (Å²) in [5.74, 6) is 0.106. The van der Waals surface area contributed by atoms with Crippen molar-refractivity contribution < 1.29 is 9.90 Å². The van der Waals surface area contributed by atoms with Gasteiger partial charge in [-0.05, 0) is 38.3 Å². The highest BCUT2D eigenvalue weighted by Crippen LogP contribution is 2.22. The zero-order valence-electron chi connectivity index (χ0n) is 14.1. The van der Waals surface area contributed by atoms with Crippen LogP contribution in [0.15, 0.2) is 0 Å². The van der Waals surface area contributed by atoms with Gasteiger partial charge in [-0.2, -0.15) is 0 Å². The normalized spacial score (nSPS) is 21.3. The van der Waals surface area contributed by atoms with E-state index in [1.54, 1.807) is 0 Å². The lowest BCUT2D eigenvalue weighted by Crippen LogP contribution is -2.39. The number of hydrogen-bond donors (Lipinski definition) is 1. The molecular formula is C18H35NO2. The van der Waals surface area contributed by atoms with E-state index in [-0.39, 0.29) is 5.92 Å². The molecule has 2 unspecified atom stereocenters. The summed E-state index contributed by atoms with van der Waals surface area (Å²) in [6.07, 6.45) is 12.6. The highest BCUT2D eigenvalue weighted by molar-refractivity contribution is 5.70. The fraction of sp³-hybridized carbons (Fsp3) is 0.944. The Balaban J connectivity index is 2.26. The molecule has 0 aromatic rings. The minimum atomic E-state index is -0.607. The van der Waals surface area contributed by atoms with Crippen molar-refractivity contribution in [2.45, 2.75) is 78.1 Å². The molecule has 0 saturated carbocycles. The Morgan fingerprint density at radius 3 is 2.62 bits per heavy atom. The number of hydrogen-bond acceptors (Lipinski definition) is 2. The monoisotopic (exact) mass is 297 g/mol. The van der Waals surface area contributed by atoms with Crippen molar-refractivity contribution in [3.05, 3.63) is 0 Å². The van der Waals surface area contributed by atoms with Crippen LogP contribution in [0.2, 0.25) is 0 Å². The summed E-state index contributed by atoms with van der Waals surface area (Å²) in [6.45, 7) is 7.50.